The Morgan fingerprint density at radius 3 is 2.56 bits per heavy atom. The number of benzene rings is 1. The van der Waals surface area contributed by atoms with Gasteiger partial charge < -0.3 is 20.3 Å². The maximum absolute atomic E-state index is 9.75. The van der Waals surface area contributed by atoms with Crippen molar-refractivity contribution in [2.45, 2.75) is 25.7 Å². The van der Waals surface area contributed by atoms with Crippen LogP contribution in [-0.4, -0.2) is 20.3 Å². The van der Waals surface area contributed by atoms with Crippen molar-refractivity contribution in [1.82, 2.24) is 4.98 Å². The van der Waals surface area contributed by atoms with E-state index in [0.717, 1.165) is 42.3 Å². The first-order valence-corrected chi connectivity index (χ1v) is 5.46. The van der Waals surface area contributed by atoms with E-state index in [4.69, 9.17) is 0 Å². The lowest BCUT2D eigenvalue weighted by Crippen LogP contribution is -1.99. The highest BCUT2D eigenvalue weighted by Gasteiger charge is 2.20. The highest BCUT2D eigenvalue weighted by molar-refractivity contribution is 5.93. The molecule has 1 heterocycles. The monoisotopic (exact) mass is 219 g/mol. The van der Waals surface area contributed by atoms with Gasteiger partial charge in [0, 0.05) is 11.1 Å². The molecule has 16 heavy (non-hydrogen) atoms. The number of nitrogens with one attached hydrogen (secondary N) is 1. The summed E-state index contributed by atoms with van der Waals surface area (Å²) in [5.74, 6) is -0.979. The van der Waals surface area contributed by atoms with Gasteiger partial charge in [-0.05, 0) is 37.3 Å². The van der Waals surface area contributed by atoms with Crippen molar-refractivity contribution in [2.75, 3.05) is 0 Å². The maximum Gasteiger partial charge on any atom is 0.202 e. The van der Waals surface area contributed by atoms with Crippen molar-refractivity contribution in [3.05, 3.63) is 17.3 Å². The molecular weight excluding hydrogens is 206 g/mol. The molecule has 1 aliphatic rings. The van der Waals surface area contributed by atoms with E-state index in [2.05, 4.69) is 4.98 Å². The number of aromatic amines is 1. The molecule has 2 aromatic rings. The number of rotatable bonds is 0. The van der Waals surface area contributed by atoms with Gasteiger partial charge in [0.25, 0.3) is 0 Å². The zero-order valence-electron chi connectivity index (χ0n) is 8.75. The predicted molar refractivity (Wildman–Crippen MR) is 59.9 cm³/mol. The number of H-pyrrole nitrogens is 1. The van der Waals surface area contributed by atoms with Crippen LogP contribution in [0.15, 0.2) is 6.07 Å². The van der Waals surface area contributed by atoms with Gasteiger partial charge >= 0.3 is 0 Å². The zero-order chi connectivity index (χ0) is 11.3. The fourth-order valence-corrected chi connectivity index (χ4v) is 2.50. The van der Waals surface area contributed by atoms with Crippen molar-refractivity contribution in [3.63, 3.8) is 0 Å². The van der Waals surface area contributed by atoms with Crippen molar-refractivity contribution >= 4 is 10.9 Å². The van der Waals surface area contributed by atoms with E-state index in [0.29, 0.717) is 5.52 Å². The van der Waals surface area contributed by atoms with Crippen LogP contribution in [0.25, 0.3) is 10.9 Å². The molecule has 0 atom stereocenters. The van der Waals surface area contributed by atoms with E-state index in [-0.39, 0.29) is 11.5 Å². The number of aromatic hydroxyl groups is 3. The number of hydrogen-bond acceptors (Lipinski definition) is 3. The molecule has 0 saturated carbocycles. The minimum Gasteiger partial charge on any atom is -0.504 e. The fourth-order valence-electron chi connectivity index (χ4n) is 2.50. The van der Waals surface area contributed by atoms with Gasteiger partial charge in [-0.25, -0.2) is 0 Å². The molecule has 0 saturated heterocycles. The van der Waals surface area contributed by atoms with Gasteiger partial charge in [0.1, 0.15) is 0 Å². The van der Waals surface area contributed by atoms with Crippen molar-refractivity contribution in [3.8, 4) is 17.2 Å². The van der Waals surface area contributed by atoms with Gasteiger partial charge in [-0.3, -0.25) is 0 Å². The van der Waals surface area contributed by atoms with E-state index in [1.807, 2.05) is 0 Å². The lowest BCUT2D eigenvalue weighted by Gasteiger charge is -2.10. The minimum atomic E-state index is -0.453. The summed E-state index contributed by atoms with van der Waals surface area (Å²) in [4.78, 5) is 3.13. The molecule has 3 rings (SSSR count). The Bertz CT molecular complexity index is 571. The first-order valence-electron chi connectivity index (χ1n) is 5.46. The van der Waals surface area contributed by atoms with Crippen LogP contribution >= 0.6 is 0 Å². The van der Waals surface area contributed by atoms with Gasteiger partial charge in [0.2, 0.25) is 5.75 Å². The second kappa shape index (κ2) is 3.07. The summed E-state index contributed by atoms with van der Waals surface area (Å²) in [7, 11) is 0. The zero-order valence-corrected chi connectivity index (χ0v) is 8.75. The summed E-state index contributed by atoms with van der Waals surface area (Å²) < 4.78 is 0. The fraction of sp³-hybridized carbons (Fsp3) is 0.333. The number of aromatic nitrogens is 1. The molecule has 0 amide bonds. The lowest BCUT2D eigenvalue weighted by molar-refractivity contribution is 0.371. The van der Waals surface area contributed by atoms with Crippen LogP contribution in [0.1, 0.15) is 24.1 Å². The van der Waals surface area contributed by atoms with Crippen LogP contribution in [0.2, 0.25) is 0 Å². The molecule has 0 bridgehead atoms. The Balaban J connectivity index is 2.39. The highest BCUT2D eigenvalue weighted by atomic mass is 16.3. The number of phenolic OH excluding ortho intramolecular Hbond substituents is 3. The quantitative estimate of drug-likeness (QED) is 0.513. The predicted octanol–water partition coefficient (Wildman–Crippen LogP) is 2.16. The SMILES string of the molecule is Oc1cc2c3c([nH]c2c(O)c1O)CCCC3. The summed E-state index contributed by atoms with van der Waals surface area (Å²) in [6, 6.07) is 1.52. The molecule has 4 heteroatoms. The van der Waals surface area contributed by atoms with Gasteiger partial charge in [-0.1, -0.05) is 0 Å². The van der Waals surface area contributed by atoms with E-state index in [9.17, 15) is 15.3 Å². The molecule has 0 unspecified atom stereocenters. The average Bonchev–Trinajstić information content (AvgIpc) is 2.65. The van der Waals surface area contributed by atoms with Crippen LogP contribution in [0.3, 0.4) is 0 Å². The van der Waals surface area contributed by atoms with Crippen molar-refractivity contribution in [1.29, 1.82) is 0 Å². The first-order chi connectivity index (χ1) is 7.68. The number of hydrogen-bond donors (Lipinski definition) is 4. The van der Waals surface area contributed by atoms with Crippen LogP contribution in [0, 0.1) is 0 Å². The second-order valence-electron chi connectivity index (χ2n) is 4.30. The molecule has 84 valence electrons. The number of aryl methyl sites for hydroxylation is 2. The summed E-state index contributed by atoms with van der Waals surface area (Å²) in [5.41, 5.74) is 2.80. The van der Waals surface area contributed by atoms with Gasteiger partial charge in [-0.15, -0.1) is 0 Å². The molecule has 0 aliphatic heterocycles. The lowest BCUT2D eigenvalue weighted by atomic mass is 9.95. The molecule has 4 nitrogen and oxygen atoms in total. The Hall–Kier alpha value is -1.84. The standard InChI is InChI=1S/C12H13NO3/c14-9-5-7-6-3-1-2-4-8(6)13-10(7)12(16)11(9)15/h5,13-16H,1-4H2. The third-order valence-corrected chi connectivity index (χ3v) is 3.32. The summed E-state index contributed by atoms with van der Waals surface area (Å²) in [6.45, 7) is 0. The topological polar surface area (TPSA) is 76.5 Å². The van der Waals surface area contributed by atoms with E-state index in [1.165, 1.54) is 6.07 Å². The Morgan fingerprint density at radius 2 is 1.75 bits per heavy atom. The maximum atomic E-state index is 9.75. The van der Waals surface area contributed by atoms with Crippen molar-refractivity contribution in [2.24, 2.45) is 0 Å². The summed E-state index contributed by atoms with van der Waals surface area (Å²) in [6.07, 6.45) is 4.19. The number of fused-ring (bicyclic) bond motifs is 3. The molecule has 4 N–H and O–H groups in total. The molecule has 0 spiro atoms. The van der Waals surface area contributed by atoms with Crippen LogP contribution in [-0.2, 0) is 12.8 Å². The highest BCUT2D eigenvalue weighted by Crippen LogP contribution is 2.43. The third-order valence-electron chi connectivity index (χ3n) is 3.32. The largest absolute Gasteiger partial charge is 0.504 e. The van der Waals surface area contributed by atoms with E-state index < -0.39 is 5.75 Å². The Morgan fingerprint density at radius 1 is 1.00 bits per heavy atom. The minimum absolute atomic E-state index is 0.260. The van der Waals surface area contributed by atoms with Crippen LogP contribution < -0.4 is 0 Å². The summed E-state index contributed by atoms with van der Waals surface area (Å²) in [5, 5.41) is 29.5. The van der Waals surface area contributed by atoms with Gasteiger partial charge in [0.05, 0.1) is 5.52 Å². The third kappa shape index (κ3) is 1.10. The van der Waals surface area contributed by atoms with Crippen molar-refractivity contribution < 1.29 is 15.3 Å². The van der Waals surface area contributed by atoms with Gasteiger partial charge in [0.15, 0.2) is 11.5 Å². The average molecular weight is 219 g/mol. The van der Waals surface area contributed by atoms with E-state index >= 15 is 0 Å². The van der Waals surface area contributed by atoms with Crippen LogP contribution in [0.5, 0.6) is 17.2 Å². The van der Waals surface area contributed by atoms with Crippen LogP contribution in [0.4, 0.5) is 0 Å². The number of phenols is 3. The molecule has 1 aliphatic carbocycles. The first kappa shape index (κ1) is 9.39. The Kier molecular flexibility index (Phi) is 1.80. The molecule has 1 aromatic carbocycles. The molecule has 1 aromatic heterocycles. The van der Waals surface area contributed by atoms with Gasteiger partial charge in [-0.2, -0.15) is 0 Å². The molecule has 0 radical (unpaired) electrons. The Labute approximate surface area is 92.2 Å². The smallest absolute Gasteiger partial charge is 0.202 e. The summed E-state index contributed by atoms with van der Waals surface area (Å²) >= 11 is 0. The normalized spacial score (nSPS) is 15.2. The second-order valence-corrected chi connectivity index (χ2v) is 4.30. The van der Waals surface area contributed by atoms with E-state index in [1.54, 1.807) is 0 Å². The molecule has 0 fully saturated rings. The molecular formula is C12H13NO3.